The first kappa shape index (κ1) is 9.68. The predicted octanol–water partition coefficient (Wildman–Crippen LogP) is 0.985. The van der Waals surface area contributed by atoms with Gasteiger partial charge in [-0.2, -0.15) is 5.10 Å². The molecule has 0 aromatic carbocycles. The lowest BCUT2D eigenvalue weighted by Crippen LogP contribution is -2.44. The van der Waals surface area contributed by atoms with E-state index in [1.54, 1.807) is 7.11 Å². The number of rotatable bonds is 4. The van der Waals surface area contributed by atoms with Crippen LogP contribution >= 0.6 is 0 Å². The van der Waals surface area contributed by atoms with E-state index >= 15 is 0 Å². The minimum absolute atomic E-state index is 0.470. The van der Waals surface area contributed by atoms with Crippen LogP contribution in [0.2, 0.25) is 0 Å². The molecule has 0 radical (unpaired) electrons. The van der Waals surface area contributed by atoms with Crippen molar-refractivity contribution in [3.63, 3.8) is 0 Å². The van der Waals surface area contributed by atoms with E-state index in [1.165, 1.54) is 5.56 Å². The molecule has 0 spiro atoms. The quantitative estimate of drug-likeness (QED) is 0.753. The van der Waals surface area contributed by atoms with Gasteiger partial charge in [0.1, 0.15) is 0 Å². The van der Waals surface area contributed by atoms with Gasteiger partial charge in [0, 0.05) is 31.0 Å². The Morgan fingerprint density at radius 1 is 1.64 bits per heavy atom. The first-order valence-electron chi connectivity index (χ1n) is 5.04. The molecular formula is C10H17N3O. The van der Waals surface area contributed by atoms with Crippen molar-refractivity contribution in [1.82, 2.24) is 15.5 Å². The van der Waals surface area contributed by atoms with Crippen molar-refractivity contribution >= 4 is 0 Å². The van der Waals surface area contributed by atoms with Gasteiger partial charge in [0.2, 0.25) is 0 Å². The Morgan fingerprint density at radius 3 is 3.00 bits per heavy atom. The van der Waals surface area contributed by atoms with Gasteiger partial charge in [-0.05, 0) is 19.8 Å². The Hall–Kier alpha value is -0.870. The normalized spacial score (nSPS) is 26.1. The fraction of sp³-hybridized carbons (Fsp3) is 0.700. The maximum absolute atomic E-state index is 5.22. The minimum atomic E-state index is 0.470. The van der Waals surface area contributed by atoms with E-state index in [1.807, 2.05) is 13.1 Å². The van der Waals surface area contributed by atoms with Gasteiger partial charge in [-0.3, -0.25) is 5.10 Å². The van der Waals surface area contributed by atoms with Crippen LogP contribution in [0.3, 0.4) is 0 Å². The van der Waals surface area contributed by atoms with Crippen molar-refractivity contribution in [2.75, 3.05) is 7.11 Å². The van der Waals surface area contributed by atoms with Crippen LogP contribution in [-0.4, -0.2) is 29.5 Å². The van der Waals surface area contributed by atoms with Crippen LogP contribution < -0.4 is 5.32 Å². The highest BCUT2D eigenvalue weighted by Gasteiger charge is 2.28. The number of aryl methyl sites for hydroxylation is 1. The second kappa shape index (κ2) is 4.11. The van der Waals surface area contributed by atoms with E-state index in [2.05, 4.69) is 15.5 Å². The van der Waals surface area contributed by atoms with E-state index in [4.69, 9.17) is 4.74 Å². The summed E-state index contributed by atoms with van der Waals surface area (Å²) >= 11 is 0. The summed E-state index contributed by atoms with van der Waals surface area (Å²) in [6.07, 6.45) is 4.62. The summed E-state index contributed by atoms with van der Waals surface area (Å²) in [5.74, 6) is 0. The highest BCUT2D eigenvalue weighted by atomic mass is 16.5. The zero-order chi connectivity index (χ0) is 9.97. The molecule has 1 saturated carbocycles. The maximum atomic E-state index is 5.22. The predicted molar refractivity (Wildman–Crippen MR) is 54.0 cm³/mol. The molecule has 4 nitrogen and oxygen atoms in total. The van der Waals surface area contributed by atoms with Gasteiger partial charge in [0.15, 0.2) is 0 Å². The zero-order valence-corrected chi connectivity index (χ0v) is 8.71. The number of aromatic nitrogens is 2. The highest BCUT2D eigenvalue weighted by Crippen LogP contribution is 2.22. The Kier molecular flexibility index (Phi) is 2.84. The second-order valence-corrected chi connectivity index (χ2v) is 3.93. The third-order valence-corrected chi connectivity index (χ3v) is 2.94. The van der Waals surface area contributed by atoms with Crippen LogP contribution in [0.4, 0.5) is 0 Å². The molecule has 0 aliphatic heterocycles. The molecule has 1 heterocycles. The average Bonchev–Trinajstić information content (AvgIpc) is 2.49. The number of hydrogen-bond acceptors (Lipinski definition) is 3. The molecule has 1 aliphatic rings. The van der Waals surface area contributed by atoms with Crippen molar-refractivity contribution < 1.29 is 4.74 Å². The lowest BCUT2D eigenvalue weighted by Gasteiger charge is -2.34. The molecule has 1 aliphatic carbocycles. The smallest absolute Gasteiger partial charge is 0.0601 e. The maximum Gasteiger partial charge on any atom is 0.0601 e. The lowest BCUT2D eigenvalue weighted by molar-refractivity contribution is 0.0170. The molecule has 14 heavy (non-hydrogen) atoms. The number of nitrogens with zero attached hydrogens (tertiary/aromatic N) is 1. The second-order valence-electron chi connectivity index (χ2n) is 3.93. The fourth-order valence-corrected chi connectivity index (χ4v) is 1.73. The summed E-state index contributed by atoms with van der Waals surface area (Å²) in [5, 5.41) is 10.4. The summed E-state index contributed by atoms with van der Waals surface area (Å²) in [6.45, 7) is 2.95. The molecule has 2 N–H and O–H groups in total. The van der Waals surface area contributed by atoms with Gasteiger partial charge in [-0.15, -0.1) is 0 Å². The van der Waals surface area contributed by atoms with E-state index in [0.717, 1.165) is 25.1 Å². The van der Waals surface area contributed by atoms with Crippen molar-refractivity contribution in [2.45, 2.75) is 38.5 Å². The molecule has 0 bridgehead atoms. The van der Waals surface area contributed by atoms with Gasteiger partial charge in [-0.1, -0.05) is 0 Å². The van der Waals surface area contributed by atoms with Gasteiger partial charge in [0.05, 0.1) is 12.3 Å². The van der Waals surface area contributed by atoms with E-state index in [0.29, 0.717) is 12.1 Å². The summed E-state index contributed by atoms with van der Waals surface area (Å²) in [5.41, 5.74) is 2.41. The molecule has 0 saturated heterocycles. The monoisotopic (exact) mass is 195 g/mol. The minimum Gasteiger partial charge on any atom is -0.381 e. The Labute approximate surface area is 84.0 Å². The molecule has 1 fully saturated rings. The number of H-pyrrole nitrogens is 1. The van der Waals surface area contributed by atoms with Crippen LogP contribution in [0, 0.1) is 6.92 Å². The molecule has 78 valence electrons. The average molecular weight is 195 g/mol. The Bertz CT molecular complexity index is 291. The summed E-state index contributed by atoms with van der Waals surface area (Å²) in [4.78, 5) is 0. The zero-order valence-electron chi connectivity index (χ0n) is 8.71. The van der Waals surface area contributed by atoms with Crippen LogP contribution in [0.5, 0.6) is 0 Å². The van der Waals surface area contributed by atoms with Crippen molar-refractivity contribution in [3.05, 3.63) is 17.5 Å². The molecule has 4 heteroatoms. The van der Waals surface area contributed by atoms with Gasteiger partial charge in [0.25, 0.3) is 0 Å². The fourth-order valence-electron chi connectivity index (χ4n) is 1.73. The summed E-state index contributed by atoms with van der Waals surface area (Å²) in [6, 6.07) is 0.620. The van der Waals surface area contributed by atoms with Crippen LogP contribution in [0.25, 0.3) is 0 Å². The lowest BCUT2D eigenvalue weighted by atomic mass is 9.89. The van der Waals surface area contributed by atoms with Crippen LogP contribution in [0.1, 0.15) is 24.1 Å². The molecule has 1 aromatic heterocycles. The molecule has 0 unspecified atom stereocenters. The van der Waals surface area contributed by atoms with Gasteiger partial charge in [-0.25, -0.2) is 0 Å². The van der Waals surface area contributed by atoms with E-state index < -0.39 is 0 Å². The largest absolute Gasteiger partial charge is 0.381 e. The Morgan fingerprint density at radius 2 is 2.43 bits per heavy atom. The van der Waals surface area contributed by atoms with Crippen LogP contribution in [-0.2, 0) is 11.3 Å². The first-order valence-corrected chi connectivity index (χ1v) is 5.04. The standard InChI is InChI=1S/C10H17N3O/c1-7-8(6-12-13-7)5-11-9-3-10(4-9)14-2/h6,9-11H,3-5H2,1-2H3,(H,12,13). The van der Waals surface area contributed by atoms with Crippen molar-refractivity contribution in [3.8, 4) is 0 Å². The Balaban J connectivity index is 1.72. The SMILES string of the molecule is COC1CC(NCc2cn[nH]c2C)C1. The van der Waals surface area contributed by atoms with Crippen LogP contribution in [0.15, 0.2) is 6.20 Å². The van der Waals surface area contributed by atoms with E-state index in [9.17, 15) is 0 Å². The highest BCUT2D eigenvalue weighted by molar-refractivity contribution is 5.14. The van der Waals surface area contributed by atoms with E-state index in [-0.39, 0.29) is 0 Å². The number of nitrogens with one attached hydrogen (secondary N) is 2. The number of aromatic amines is 1. The summed E-state index contributed by atoms with van der Waals surface area (Å²) in [7, 11) is 1.78. The topological polar surface area (TPSA) is 49.9 Å². The summed E-state index contributed by atoms with van der Waals surface area (Å²) < 4.78 is 5.22. The third-order valence-electron chi connectivity index (χ3n) is 2.94. The first-order chi connectivity index (χ1) is 6.79. The number of ether oxygens (including phenoxy) is 1. The van der Waals surface area contributed by atoms with Gasteiger partial charge >= 0.3 is 0 Å². The van der Waals surface area contributed by atoms with Crippen molar-refractivity contribution in [1.29, 1.82) is 0 Å². The molecule has 0 amide bonds. The number of methoxy groups -OCH3 is 1. The molecule has 1 aromatic rings. The number of hydrogen-bond donors (Lipinski definition) is 2. The van der Waals surface area contributed by atoms with Crippen molar-refractivity contribution in [2.24, 2.45) is 0 Å². The molecule has 0 atom stereocenters. The van der Waals surface area contributed by atoms with Gasteiger partial charge < -0.3 is 10.1 Å². The molecule has 2 rings (SSSR count). The molecular weight excluding hydrogens is 178 g/mol. The third kappa shape index (κ3) is 1.96.